The first-order valence-electron chi connectivity index (χ1n) is 8.68. The zero-order chi connectivity index (χ0) is 16.8. The fourth-order valence-electron chi connectivity index (χ4n) is 4.13. The Balaban J connectivity index is 1.41. The van der Waals surface area contributed by atoms with Crippen LogP contribution in [0.2, 0.25) is 0 Å². The van der Waals surface area contributed by atoms with E-state index in [-0.39, 0.29) is 17.8 Å². The number of anilines is 1. The Morgan fingerprint density at radius 3 is 2.67 bits per heavy atom. The molecule has 3 unspecified atom stereocenters. The highest BCUT2D eigenvalue weighted by Crippen LogP contribution is 2.42. The standard InChI is InChI=1S/C18H22FN3O2/c19-15-5-4-12(7-13(15)10-1-2-10)21-17(23)18(24)22-8-11-3-6-16(20)14(11)9-22/h4-5,7,10-11,14,16H,1-3,6,8-9,20H2,(H,21,23). The van der Waals surface area contributed by atoms with Gasteiger partial charge in [0.1, 0.15) is 5.82 Å². The van der Waals surface area contributed by atoms with Crippen LogP contribution >= 0.6 is 0 Å². The Hall–Kier alpha value is -1.95. The predicted molar refractivity (Wildman–Crippen MR) is 87.8 cm³/mol. The summed E-state index contributed by atoms with van der Waals surface area (Å²) in [6.07, 6.45) is 3.98. The van der Waals surface area contributed by atoms with Crippen LogP contribution in [0.5, 0.6) is 0 Å². The van der Waals surface area contributed by atoms with Crippen molar-refractivity contribution in [2.75, 3.05) is 18.4 Å². The molecule has 1 heterocycles. The summed E-state index contributed by atoms with van der Waals surface area (Å²) in [6.45, 7) is 1.18. The van der Waals surface area contributed by atoms with Gasteiger partial charge in [0.15, 0.2) is 0 Å². The molecule has 1 aromatic rings. The summed E-state index contributed by atoms with van der Waals surface area (Å²) < 4.78 is 13.8. The number of amides is 2. The number of nitrogens with one attached hydrogen (secondary N) is 1. The lowest BCUT2D eigenvalue weighted by Crippen LogP contribution is -2.40. The number of likely N-dealkylation sites (tertiary alicyclic amines) is 1. The van der Waals surface area contributed by atoms with E-state index in [1.807, 2.05) is 0 Å². The van der Waals surface area contributed by atoms with Crippen LogP contribution in [0.1, 0.15) is 37.2 Å². The molecular weight excluding hydrogens is 309 g/mol. The number of carbonyl (C=O) groups is 2. The minimum absolute atomic E-state index is 0.133. The minimum atomic E-state index is -0.656. The van der Waals surface area contributed by atoms with E-state index in [9.17, 15) is 14.0 Å². The fourth-order valence-corrected chi connectivity index (χ4v) is 4.13. The summed E-state index contributed by atoms with van der Waals surface area (Å²) in [5.41, 5.74) is 7.18. The first-order valence-corrected chi connectivity index (χ1v) is 8.68. The molecule has 1 aliphatic heterocycles. The molecule has 4 rings (SSSR count). The number of hydrogen-bond donors (Lipinski definition) is 2. The average molecular weight is 331 g/mol. The van der Waals surface area contributed by atoms with E-state index in [1.165, 1.54) is 12.1 Å². The maximum atomic E-state index is 13.8. The van der Waals surface area contributed by atoms with Crippen LogP contribution in [-0.2, 0) is 9.59 Å². The van der Waals surface area contributed by atoms with Crippen molar-refractivity contribution in [3.8, 4) is 0 Å². The number of benzene rings is 1. The third kappa shape index (κ3) is 2.79. The molecule has 5 nitrogen and oxygen atoms in total. The van der Waals surface area contributed by atoms with E-state index >= 15 is 0 Å². The molecule has 0 aromatic heterocycles. The van der Waals surface area contributed by atoms with Gasteiger partial charge in [-0.05, 0) is 67.2 Å². The van der Waals surface area contributed by atoms with Crippen LogP contribution < -0.4 is 11.1 Å². The van der Waals surface area contributed by atoms with Crippen molar-refractivity contribution in [1.29, 1.82) is 0 Å². The van der Waals surface area contributed by atoms with Gasteiger partial charge in [-0.1, -0.05) is 0 Å². The van der Waals surface area contributed by atoms with Gasteiger partial charge in [0.25, 0.3) is 0 Å². The summed E-state index contributed by atoms with van der Waals surface area (Å²) in [5.74, 6) is -0.441. The van der Waals surface area contributed by atoms with E-state index in [0.29, 0.717) is 36.2 Å². The predicted octanol–water partition coefficient (Wildman–Crippen LogP) is 1.84. The summed E-state index contributed by atoms with van der Waals surface area (Å²) in [4.78, 5) is 26.2. The van der Waals surface area contributed by atoms with Crippen molar-refractivity contribution in [3.63, 3.8) is 0 Å². The van der Waals surface area contributed by atoms with Crippen molar-refractivity contribution in [1.82, 2.24) is 4.90 Å². The summed E-state index contributed by atoms with van der Waals surface area (Å²) in [6, 6.07) is 4.63. The largest absolute Gasteiger partial charge is 0.334 e. The molecule has 3 fully saturated rings. The maximum absolute atomic E-state index is 13.8. The molecule has 2 saturated carbocycles. The van der Waals surface area contributed by atoms with Crippen molar-refractivity contribution in [2.45, 2.75) is 37.6 Å². The SMILES string of the molecule is NC1CCC2CN(C(=O)C(=O)Nc3ccc(F)c(C4CC4)c3)CC12. The molecule has 1 aromatic carbocycles. The Morgan fingerprint density at radius 1 is 1.17 bits per heavy atom. The second kappa shape index (κ2) is 5.84. The lowest BCUT2D eigenvalue weighted by molar-refractivity contribution is -0.142. The highest BCUT2D eigenvalue weighted by atomic mass is 19.1. The van der Waals surface area contributed by atoms with Gasteiger partial charge >= 0.3 is 11.8 Å². The minimum Gasteiger partial charge on any atom is -0.334 e. The Kier molecular flexibility index (Phi) is 3.79. The second-order valence-electron chi connectivity index (χ2n) is 7.34. The third-order valence-electron chi connectivity index (χ3n) is 5.66. The highest BCUT2D eigenvalue weighted by Gasteiger charge is 2.43. The Morgan fingerprint density at radius 2 is 1.96 bits per heavy atom. The van der Waals surface area contributed by atoms with Gasteiger partial charge in [-0.25, -0.2) is 4.39 Å². The zero-order valence-electron chi connectivity index (χ0n) is 13.5. The quantitative estimate of drug-likeness (QED) is 0.812. The van der Waals surface area contributed by atoms with Crippen LogP contribution in [0.25, 0.3) is 0 Å². The highest BCUT2D eigenvalue weighted by molar-refractivity contribution is 6.39. The molecular formula is C18H22FN3O2. The molecule has 2 aliphatic carbocycles. The zero-order valence-corrected chi connectivity index (χ0v) is 13.5. The van der Waals surface area contributed by atoms with Gasteiger partial charge < -0.3 is 16.0 Å². The number of fused-ring (bicyclic) bond motifs is 1. The third-order valence-corrected chi connectivity index (χ3v) is 5.66. The Labute approximate surface area is 140 Å². The summed E-state index contributed by atoms with van der Waals surface area (Å²) in [5, 5.41) is 2.62. The smallest absolute Gasteiger partial charge is 0.313 e. The lowest BCUT2D eigenvalue weighted by atomic mass is 9.98. The molecule has 2 amide bonds. The Bertz CT molecular complexity index is 689. The van der Waals surface area contributed by atoms with Crippen molar-refractivity contribution >= 4 is 17.5 Å². The van der Waals surface area contributed by atoms with Crippen LogP contribution in [0, 0.1) is 17.7 Å². The molecule has 3 aliphatic rings. The summed E-state index contributed by atoms with van der Waals surface area (Å²) in [7, 11) is 0. The van der Waals surface area contributed by atoms with E-state index in [2.05, 4.69) is 5.32 Å². The molecule has 24 heavy (non-hydrogen) atoms. The summed E-state index contributed by atoms with van der Waals surface area (Å²) >= 11 is 0. The van der Waals surface area contributed by atoms with Gasteiger partial charge in [0, 0.05) is 24.8 Å². The van der Waals surface area contributed by atoms with Gasteiger partial charge in [-0.15, -0.1) is 0 Å². The van der Waals surface area contributed by atoms with Gasteiger partial charge in [0.05, 0.1) is 0 Å². The number of hydrogen-bond acceptors (Lipinski definition) is 3. The molecule has 0 radical (unpaired) electrons. The molecule has 1 saturated heterocycles. The normalized spacial score (nSPS) is 28.8. The number of nitrogens with two attached hydrogens (primary N) is 1. The first-order chi connectivity index (χ1) is 11.5. The topological polar surface area (TPSA) is 75.4 Å². The van der Waals surface area contributed by atoms with Crippen LogP contribution in [0.3, 0.4) is 0 Å². The lowest BCUT2D eigenvalue weighted by Gasteiger charge is -2.18. The average Bonchev–Trinajstić information content (AvgIpc) is 3.23. The molecule has 0 spiro atoms. The molecule has 3 atom stereocenters. The van der Waals surface area contributed by atoms with Gasteiger partial charge in [-0.2, -0.15) is 0 Å². The van der Waals surface area contributed by atoms with E-state index in [4.69, 9.17) is 5.73 Å². The number of halogens is 1. The second-order valence-corrected chi connectivity index (χ2v) is 7.34. The number of carbonyl (C=O) groups excluding carboxylic acids is 2. The fraction of sp³-hybridized carbons (Fsp3) is 0.556. The number of rotatable bonds is 2. The molecule has 6 heteroatoms. The van der Waals surface area contributed by atoms with Crippen molar-refractivity contribution in [2.24, 2.45) is 17.6 Å². The molecule has 3 N–H and O–H groups in total. The molecule has 128 valence electrons. The van der Waals surface area contributed by atoms with Crippen molar-refractivity contribution in [3.05, 3.63) is 29.6 Å². The van der Waals surface area contributed by atoms with Gasteiger partial charge in [-0.3, -0.25) is 9.59 Å². The maximum Gasteiger partial charge on any atom is 0.313 e. The van der Waals surface area contributed by atoms with E-state index in [0.717, 1.165) is 25.7 Å². The van der Waals surface area contributed by atoms with Crippen LogP contribution in [-0.4, -0.2) is 35.8 Å². The first kappa shape index (κ1) is 15.6. The van der Waals surface area contributed by atoms with Crippen LogP contribution in [0.15, 0.2) is 18.2 Å². The number of nitrogens with zero attached hydrogens (tertiary/aromatic N) is 1. The van der Waals surface area contributed by atoms with E-state index in [1.54, 1.807) is 11.0 Å². The van der Waals surface area contributed by atoms with E-state index < -0.39 is 11.8 Å². The monoisotopic (exact) mass is 331 g/mol. The van der Waals surface area contributed by atoms with Gasteiger partial charge in [0.2, 0.25) is 0 Å². The van der Waals surface area contributed by atoms with Crippen LogP contribution in [0.4, 0.5) is 10.1 Å². The molecule has 0 bridgehead atoms. The van der Waals surface area contributed by atoms with Crippen molar-refractivity contribution < 1.29 is 14.0 Å².